The van der Waals surface area contributed by atoms with Crippen LogP contribution in [-0.2, 0) is 16.2 Å². The Labute approximate surface area is 141 Å². The Balaban J connectivity index is 1.81. The topological polar surface area (TPSA) is 18.5 Å². The molecular weight excluding hydrogens is 284 g/mol. The third kappa shape index (κ3) is 6.12. The number of benzene rings is 1. The van der Waals surface area contributed by atoms with Crippen molar-refractivity contribution in [3.8, 4) is 0 Å². The van der Waals surface area contributed by atoms with Crippen LogP contribution in [0.25, 0.3) is 5.57 Å². The summed E-state index contributed by atoms with van der Waals surface area (Å²) in [5.74, 6) is 0.759. The first kappa shape index (κ1) is 18.2. The molecule has 1 fully saturated rings. The molecule has 23 heavy (non-hydrogen) atoms. The van der Waals surface area contributed by atoms with Crippen molar-refractivity contribution in [2.75, 3.05) is 13.2 Å². The predicted octanol–water partition coefficient (Wildman–Crippen LogP) is 5.96. The van der Waals surface area contributed by atoms with Gasteiger partial charge in [-0.2, -0.15) is 0 Å². The molecule has 2 nitrogen and oxygen atoms in total. The summed E-state index contributed by atoms with van der Waals surface area (Å²) >= 11 is 0. The summed E-state index contributed by atoms with van der Waals surface area (Å²) in [7, 11) is 0. The fraction of sp³-hybridized carbons (Fsp3) is 0.619. The third-order valence-electron chi connectivity index (χ3n) is 4.78. The van der Waals surface area contributed by atoms with Crippen LogP contribution in [0.15, 0.2) is 30.3 Å². The average Bonchev–Trinajstić information content (AvgIpc) is 2.61. The first-order valence-corrected chi connectivity index (χ1v) is 9.35. The maximum absolute atomic E-state index is 5.22. The van der Waals surface area contributed by atoms with Crippen LogP contribution in [0.2, 0.25) is 0 Å². The van der Waals surface area contributed by atoms with Gasteiger partial charge in [0.25, 0.3) is 0 Å². The molecule has 0 saturated heterocycles. The molecule has 0 bridgehead atoms. The zero-order valence-electron chi connectivity index (χ0n) is 14.9. The summed E-state index contributed by atoms with van der Waals surface area (Å²) in [5.41, 5.74) is 4.24. The van der Waals surface area contributed by atoms with Gasteiger partial charge in [-0.3, -0.25) is 0 Å². The predicted molar refractivity (Wildman–Crippen MR) is 97.2 cm³/mol. The molecule has 1 aliphatic carbocycles. The highest BCUT2D eigenvalue weighted by molar-refractivity contribution is 5.67. The molecule has 1 aromatic rings. The van der Waals surface area contributed by atoms with E-state index in [1.54, 1.807) is 0 Å². The van der Waals surface area contributed by atoms with Crippen LogP contribution in [0, 0.1) is 5.92 Å². The smallest absolute Gasteiger partial charge is 0.0862 e. The number of unbranched alkanes of at least 4 members (excludes halogenated alkanes) is 1. The van der Waals surface area contributed by atoms with Crippen molar-refractivity contribution in [1.29, 1.82) is 0 Å². The van der Waals surface area contributed by atoms with Crippen LogP contribution in [0.5, 0.6) is 0 Å². The van der Waals surface area contributed by atoms with Gasteiger partial charge in [0, 0.05) is 0 Å². The van der Waals surface area contributed by atoms with Crippen LogP contribution in [0.1, 0.15) is 69.9 Å². The highest BCUT2D eigenvalue weighted by atomic mass is 17.2. The number of hydrogen-bond acceptors (Lipinski definition) is 2. The minimum Gasteiger partial charge on any atom is -0.237 e. The zero-order valence-corrected chi connectivity index (χ0v) is 14.9. The van der Waals surface area contributed by atoms with Gasteiger partial charge in [-0.15, -0.1) is 0 Å². The van der Waals surface area contributed by atoms with Crippen molar-refractivity contribution in [3.05, 3.63) is 41.5 Å². The molecule has 0 spiro atoms. The molecule has 0 aromatic heterocycles. The Morgan fingerprint density at radius 1 is 1.04 bits per heavy atom. The van der Waals surface area contributed by atoms with E-state index in [-0.39, 0.29) is 0 Å². The van der Waals surface area contributed by atoms with Gasteiger partial charge in [-0.05, 0) is 55.2 Å². The average molecular weight is 316 g/mol. The van der Waals surface area contributed by atoms with E-state index in [1.807, 2.05) is 0 Å². The van der Waals surface area contributed by atoms with Gasteiger partial charge in [0.05, 0.1) is 13.2 Å². The van der Waals surface area contributed by atoms with E-state index in [1.165, 1.54) is 48.8 Å². The van der Waals surface area contributed by atoms with E-state index in [2.05, 4.69) is 44.2 Å². The SMILES string of the molecule is CC=C(c1ccc(CCOOCCCC)cc1)C1CCCCC1. The highest BCUT2D eigenvalue weighted by Gasteiger charge is 2.18. The summed E-state index contributed by atoms with van der Waals surface area (Å²) in [4.78, 5) is 10.4. The maximum atomic E-state index is 5.22. The van der Waals surface area contributed by atoms with E-state index >= 15 is 0 Å². The lowest BCUT2D eigenvalue weighted by atomic mass is 9.81. The van der Waals surface area contributed by atoms with Gasteiger partial charge in [-0.1, -0.05) is 62.9 Å². The maximum Gasteiger partial charge on any atom is 0.0862 e. The number of hydrogen-bond donors (Lipinski definition) is 0. The van der Waals surface area contributed by atoms with Crippen molar-refractivity contribution < 1.29 is 9.78 Å². The summed E-state index contributed by atoms with van der Waals surface area (Å²) in [5, 5.41) is 0. The Kier molecular flexibility index (Phi) is 8.41. The van der Waals surface area contributed by atoms with Crippen molar-refractivity contribution in [2.45, 2.75) is 65.2 Å². The normalized spacial score (nSPS) is 16.7. The molecule has 1 aliphatic rings. The molecular formula is C21H32O2. The fourth-order valence-corrected chi connectivity index (χ4v) is 3.40. The first-order valence-electron chi connectivity index (χ1n) is 9.35. The molecule has 0 N–H and O–H groups in total. The van der Waals surface area contributed by atoms with Gasteiger partial charge in [0.2, 0.25) is 0 Å². The first-order chi connectivity index (χ1) is 11.3. The van der Waals surface area contributed by atoms with Gasteiger partial charge < -0.3 is 0 Å². The molecule has 128 valence electrons. The fourth-order valence-electron chi connectivity index (χ4n) is 3.40. The molecule has 1 aromatic carbocycles. The largest absolute Gasteiger partial charge is 0.237 e. The Morgan fingerprint density at radius 2 is 1.74 bits per heavy atom. The molecule has 0 aliphatic heterocycles. The highest BCUT2D eigenvalue weighted by Crippen LogP contribution is 2.35. The van der Waals surface area contributed by atoms with Crippen LogP contribution in [-0.4, -0.2) is 13.2 Å². The lowest BCUT2D eigenvalue weighted by Crippen LogP contribution is -2.08. The lowest BCUT2D eigenvalue weighted by Gasteiger charge is -2.25. The third-order valence-corrected chi connectivity index (χ3v) is 4.78. The second-order valence-corrected chi connectivity index (χ2v) is 6.52. The molecule has 0 amide bonds. The quantitative estimate of drug-likeness (QED) is 0.318. The molecule has 1 saturated carbocycles. The van der Waals surface area contributed by atoms with Gasteiger partial charge in [0.1, 0.15) is 0 Å². The van der Waals surface area contributed by atoms with E-state index in [4.69, 9.17) is 9.78 Å². The Hall–Kier alpha value is -1.12. The molecule has 2 heteroatoms. The van der Waals surface area contributed by atoms with Crippen LogP contribution < -0.4 is 0 Å². The van der Waals surface area contributed by atoms with E-state index in [0.29, 0.717) is 13.2 Å². The number of allylic oxidation sites excluding steroid dienone is 2. The van der Waals surface area contributed by atoms with Gasteiger partial charge >= 0.3 is 0 Å². The van der Waals surface area contributed by atoms with Crippen molar-refractivity contribution in [2.24, 2.45) is 5.92 Å². The van der Waals surface area contributed by atoms with Crippen molar-refractivity contribution in [3.63, 3.8) is 0 Å². The Bertz CT molecular complexity index is 455. The lowest BCUT2D eigenvalue weighted by molar-refractivity contribution is -0.294. The van der Waals surface area contributed by atoms with E-state index < -0.39 is 0 Å². The monoisotopic (exact) mass is 316 g/mol. The summed E-state index contributed by atoms with van der Waals surface area (Å²) in [6.45, 7) is 5.65. The molecule has 0 atom stereocenters. The second-order valence-electron chi connectivity index (χ2n) is 6.52. The standard InChI is InChI=1S/C21H32O2/c1-3-5-16-22-23-17-15-18-11-13-20(14-12-18)21(4-2)19-9-7-6-8-10-19/h4,11-14,19H,3,5-10,15-17H2,1-2H3. The summed E-state index contributed by atoms with van der Waals surface area (Å²) in [6.07, 6.45) is 12.3. The molecule has 0 radical (unpaired) electrons. The molecule has 0 unspecified atom stereocenters. The minimum atomic E-state index is 0.627. The van der Waals surface area contributed by atoms with Crippen LogP contribution in [0.4, 0.5) is 0 Å². The van der Waals surface area contributed by atoms with Crippen LogP contribution in [0.3, 0.4) is 0 Å². The van der Waals surface area contributed by atoms with Gasteiger partial charge in [-0.25, -0.2) is 9.78 Å². The zero-order chi connectivity index (χ0) is 16.3. The van der Waals surface area contributed by atoms with E-state index in [9.17, 15) is 0 Å². The summed E-state index contributed by atoms with van der Waals surface area (Å²) in [6, 6.07) is 9.02. The van der Waals surface area contributed by atoms with Gasteiger partial charge in [0.15, 0.2) is 0 Å². The van der Waals surface area contributed by atoms with Crippen molar-refractivity contribution >= 4 is 5.57 Å². The van der Waals surface area contributed by atoms with E-state index in [0.717, 1.165) is 25.2 Å². The molecule has 0 heterocycles. The number of rotatable bonds is 9. The minimum absolute atomic E-state index is 0.627. The van der Waals surface area contributed by atoms with Crippen LogP contribution >= 0.6 is 0 Å². The Morgan fingerprint density at radius 3 is 2.39 bits per heavy atom. The second kappa shape index (κ2) is 10.6. The van der Waals surface area contributed by atoms with Crippen molar-refractivity contribution in [1.82, 2.24) is 0 Å². The molecule has 2 rings (SSSR count). The summed E-state index contributed by atoms with van der Waals surface area (Å²) < 4.78 is 0.